The summed E-state index contributed by atoms with van der Waals surface area (Å²) in [5.74, 6) is 0.227. The summed E-state index contributed by atoms with van der Waals surface area (Å²) in [6.45, 7) is 2.96. The zero-order valence-corrected chi connectivity index (χ0v) is 12.4. The average molecular weight is 292 g/mol. The van der Waals surface area contributed by atoms with Crippen molar-refractivity contribution in [1.82, 2.24) is 4.72 Å². The summed E-state index contributed by atoms with van der Waals surface area (Å²) < 4.78 is 27.5. The minimum atomic E-state index is -3.49. The Bertz CT molecular complexity index is 678. The lowest BCUT2D eigenvalue weighted by molar-refractivity contribution is 0.516. The van der Waals surface area contributed by atoms with Crippen molar-refractivity contribution in [2.45, 2.75) is 18.2 Å². The lowest BCUT2D eigenvalue weighted by Gasteiger charge is -2.13. The van der Waals surface area contributed by atoms with Crippen molar-refractivity contribution in [2.24, 2.45) is 11.7 Å². The molecule has 0 aliphatic heterocycles. The molecule has 1 unspecified atom stereocenters. The van der Waals surface area contributed by atoms with Crippen LogP contribution in [0.15, 0.2) is 47.4 Å². The molecule has 0 amide bonds. The van der Waals surface area contributed by atoms with Crippen LogP contribution < -0.4 is 10.5 Å². The van der Waals surface area contributed by atoms with Crippen LogP contribution in [-0.4, -0.2) is 21.5 Å². The molecule has 0 fully saturated rings. The standard InChI is InChI=1S/C15H20N2O2S/c1-12(9-10-16)11-17-20(18,19)15-8-4-6-13-5-2-3-7-14(13)15/h2-8,12,17H,9-11,16H2,1H3. The van der Waals surface area contributed by atoms with Crippen molar-refractivity contribution in [3.8, 4) is 0 Å². The number of nitrogens with two attached hydrogens (primary N) is 1. The summed E-state index contributed by atoms with van der Waals surface area (Å²) >= 11 is 0. The van der Waals surface area contributed by atoms with E-state index in [0.717, 1.165) is 17.2 Å². The van der Waals surface area contributed by atoms with Gasteiger partial charge in [-0.05, 0) is 30.3 Å². The predicted octanol–water partition coefficient (Wildman–Crippen LogP) is 2.10. The quantitative estimate of drug-likeness (QED) is 0.856. The molecule has 0 radical (unpaired) electrons. The third-order valence-corrected chi connectivity index (χ3v) is 4.80. The van der Waals surface area contributed by atoms with Crippen LogP contribution in [0.2, 0.25) is 0 Å². The van der Waals surface area contributed by atoms with Crippen LogP contribution in [0.25, 0.3) is 10.8 Å². The Morgan fingerprint density at radius 1 is 1.15 bits per heavy atom. The Labute approximate surface area is 120 Å². The number of fused-ring (bicyclic) bond motifs is 1. The van der Waals surface area contributed by atoms with E-state index in [9.17, 15) is 8.42 Å². The second kappa shape index (κ2) is 6.35. The molecule has 2 aromatic rings. The highest BCUT2D eigenvalue weighted by atomic mass is 32.2. The molecule has 1 atom stereocenters. The average Bonchev–Trinajstić information content (AvgIpc) is 2.45. The van der Waals surface area contributed by atoms with Crippen LogP contribution in [0.4, 0.5) is 0 Å². The van der Waals surface area contributed by atoms with E-state index in [2.05, 4.69) is 4.72 Å². The van der Waals surface area contributed by atoms with Gasteiger partial charge in [-0.25, -0.2) is 13.1 Å². The molecular formula is C15H20N2O2S. The molecule has 0 spiro atoms. The maximum absolute atomic E-state index is 12.4. The molecule has 3 N–H and O–H groups in total. The van der Waals surface area contributed by atoms with Crippen LogP contribution in [0.1, 0.15) is 13.3 Å². The van der Waals surface area contributed by atoms with E-state index in [4.69, 9.17) is 5.73 Å². The Kier molecular flexibility index (Phi) is 4.75. The van der Waals surface area contributed by atoms with E-state index < -0.39 is 10.0 Å². The van der Waals surface area contributed by atoms with Crippen molar-refractivity contribution < 1.29 is 8.42 Å². The number of rotatable bonds is 6. The van der Waals surface area contributed by atoms with Gasteiger partial charge in [-0.3, -0.25) is 0 Å². The van der Waals surface area contributed by atoms with Gasteiger partial charge in [0.15, 0.2) is 0 Å². The van der Waals surface area contributed by atoms with Gasteiger partial charge in [-0.15, -0.1) is 0 Å². The van der Waals surface area contributed by atoms with Gasteiger partial charge in [0, 0.05) is 11.9 Å². The first-order chi connectivity index (χ1) is 9.54. The Morgan fingerprint density at radius 3 is 2.60 bits per heavy atom. The minimum Gasteiger partial charge on any atom is -0.330 e. The number of benzene rings is 2. The Morgan fingerprint density at radius 2 is 1.85 bits per heavy atom. The first kappa shape index (κ1) is 15.0. The maximum atomic E-state index is 12.4. The molecule has 0 aliphatic rings. The van der Waals surface area contributed by atoms with E-state index in [1.807, 2.05) is 37.3 Å². The summed E-state index contributed by atoms with van der Waals surface area (Å²) in [6, 6.07) is 12.8. The molecule has 0 heterocycles. The van der Waals surface area contributed by atoms with Crippen LogP contribution in [0, 0.1) is 5.92 Å². The van der Waals surface area contributed by atoms with E-state index in [1.54, 1.807) is 12.1 Å². The maximum Gasteiger partial charge on any atom is 0.241 e. The van der Waals surface area contributed by atoms with Gasteiger partial charge in [-0.2, -0.15) is 0 Å². The largest absolute Gasteiger partial charge is 0.330 e. The fraction of sp³-hybridized carbons (Fsp3) is 0.333. The molecule has 108 valence electrons. The molecule has 0 bridgehead atoms. The highest BCUT2D eigenvalue weighted by Crippen LogP contribution is 2.22. The van der Waals surface area contributed by atoms with Gasteiger partial charge in [0.1, 0.15) is 0 Å². The molecule has 5 heteroatoms. The van der Waals surface area contributed by atoms with Crippen LogP contribution in [0.3, 0.4) is 0 Å². The monoisotopic (exact) mass is 292 g/mol. The lowest BCUT2D eigenvalue weighted by Crippen LogP contribution is -2.29. The molecule has 0 aromatic heterocycles. The lowest BCUT2D eigenvalue weighted by atomic mass is 10.1. The molecule has 4 nitrogen and oxygen atoms in total. The highest BCUT2D eigenvalue weighted by molar-refractivity contribution is 7.89. The number of hydrogen-bond acceptors (Lipinski definition) is 3. The third kappa shape index (κ3) is 3.36. The van der Waals surface area contributed by atoms with E-state index >= 15 is 0 Å². The zero-order valence-electron chi connectivity index (χ0n) is 11.5. The fourth-order valence-corrected chi connectivity index (χ4v) is 3.54. The van der Waals surface area contributed by atoms with Crippen molar-refractivity contribution in [2.75, 3.05) is 13.1 Å². The van der Waals surface area contributed by atoms with Crippen LogP contribution in [0.5, 0.6) is 0 Å². The summed E-state index contributed by atoms with van der Waals surface area (Å²) in [5, 5.41) is 1.67. The Hall–Kier alpha value is -1.43. The summed E-state index contributed by atoms with van der Waals surface area (Å²) in [4.78, 5) is 0.329. The van der Waals surface area contributed by atoms with Crippen molar-refractivity contribution in [3.05, 3.63) is 42.5 Å². The normalized spacial score (nSPS) is 13.5. The van der Waals surface area contributed by atoms with E-state index in [1.165, 1.54) is 0 Å². The highest BCUT2D eigenvalue weighted by Gasteiger charge is 2.17. The van der Waals surface area contributed by atoms with Crippen molar-refractivity contribution in [1.29, 1.82) is 0 Å². The van der Waals surface area contributed by atoms with Crippen molar-refractivity contribution in [3.63, 3.8) is 0 Å². The van der Waals surface area contributed by atoms with Gasteiger partial charge >= 0.3 is 0 Å². The minimum absolute atomic E-state index is 0.227. The number of nitrogens with one attached hydrogen (secondary N) is 1. The fourth-order valence-electron chi connectivity index (χ4n) is 2.15. The molecule has 0 saturated carbocycles. The summed E-state index contributed by atoms with van der Waals surface area (Å²) in [6.07, 6.45) is 0.804. The zero-order chi connectivity index (χ0) is 14.6. The smallest absolute Gasteiger partial charge is 0.241 e. The van der Waals surface area contributed by atoms with Gasteiger partial charge in [-0.1, -0.05) is 43.3 Å². The number of hydrogen-bond donors (Lipinski definition) is 2. The molecule has 0 saturated heterocycles. The molecular weight excluding hydrogens is 272 g/mol. The van der Waals surface area contributed by atoms with Gasteiger partial charge < -0.3 is 5.73 Å². The Balaban J connectivity index is 2.28. The van der Waals surface area contributed by atoms with Crippen LogP contribution in [-0.2, 0) is 10.0 Å². The van der Waals surface area contributed by atoms with Gasteiger partial charge in [0.25, 0.3) is 0 Å². The molecule has 20 heavy (non-hydrogen) atoms. The second-order valence-electron chi connectivity index (χ2n) is 5.01. The molecule has 2 rings (SSSR count). The molecule has 2 aromatic carbocycles. The van der Waals surface area contributed by atoms with E-state index in [0.29, 0.717) is 18.0 Å². The third-order valence-electron chi connectivity index (χ3n) is 3.32. The van der Waals surface area contributed by atoms with Crippen molar-refractivity contribution >= 4 is 20.8 Å². The SMILES string of the molecule is CC(CCN)CNS(=O)(=O)c1cccc2ccccc12. The summed E-state index contributed by atoms with van der Waals surface area (Å²) in [5.41, 5.74) is 5.48. The topological polar surface area (TPSA) is 72.2 Å². The second-order valence-corrected chi connectivity index (χ2v) is 6.75. The summed E-state index contributed by atoms with van der Waals surface area (Å²) in [7, 11) is -3.49. The molecule has 0 aliphatic carbocycles. The van der Waals surface area contributed by atoms with E-state index in [-0.39, 0.29) is 5.92 Å². The van der Waals surface area contributed by atoms with Crippen LogP contribution >= 0.6 is 0 Å². The first-order valence-corrected chi connectivity index (χ1v) is 8.20. The number of sulfonamides is 1. The van der Waals surface area contributed by atoms with Gasteiger partial charge in [0.2, 0.25) is 10.0 Å². The first-order valence-electron chi connectivity index (χ1n) is 6.72. The van der Waals surface area contributed by atoms with Gasteiger partial charge in [0.05, 0.1) is 4.90 Å². The predicted molar refractivity (Wildman–Crippen MR) is 82.0 cm³/mol.